The predicted molar refractivity (Wildman–Crippen MR) is 100 cm³/mol. The molecule has 4 nitrogen and oxygen atoms in total. The fourth-order valence-corrected chi connectivity index (χ4v) is 4.21. The number of benzene rings is 2. The summed E-state index contributed by atoms with van der Waals surface area (Å²) in [5, 5.41) is 9.51. The third-order valence-corrected chi connectivity index (χ3v) is 5.80. The van der Waals surface area contributed by atoms with Gasteiger partial charge in [0.25, 0.3) is 5.91 Å². The molecule has 2 aliphatic rings. The van der Waals surface area contributed by atoms with Crippen LogP contribution in [-0.2, 0) is 6.54 Å². The van der Waals surface area contributed by atoms with Gasteiger partial charge in [-0.05, 0) is 61.3 Å². The number of phenols is 1. The number of nitrogens with zero attached hydrogens (tertiary/aromatic N) is 1. The van der Waals surface area contributed by atoms with Crippen LogP contribution >= 0.6 is 0 Å². The van der Waals surface area contributed by atoms with Crippen molar-refractivity contribution in [1.29, 1.82) is 0 Å². The Kier molecular flexibility index (Phi) is 5.20. The lowest BCUT2D eigenvalue weighted by Crippen LogP contribution is -2.32. The van der Waals surface area contributed by atoms with Gasteiger partial charge in [-0.2, -0.15) is 0 Å². The summed E-state index contributed by atoms with van der Waals surface area (Å²) >= 11 is 0. The number of ether oxygens (including phenoxy) is 1. The summed E-state index contributed by atoms with van der Waals surface area (Å²) in [6, 6.07) is 9.08. The van der Waals surface area contributed by atoms with Crippen molar-refractivity contribution in [2.75, 3.05) is 13.2 Å². The topological polar surface area (TPSA) is 49.8 Å². The average Bonchev–Trinajstić information content (AvgIpc) is 3.00. The average molecular weight is 387 g/mol. The van der Waals surface area contributed by atoms with E-state index in [1.165, 1.54) is 18.2 Å². The number of hydrogen-bond donors (Lipinski definition) is 1. The number of fused-ring (bicyclic) bond motifs is 1. The molecule has 1 fully saturated rings. The summed E-state index contributed by atoms with van der Waals surface area (Å²) in [4.78, 5) is 14.2. The Morgan fingerprint density at radius 1 is 1.07 bits per heavy atom. The van der Waals surface area contributed by atoms with Gasteiger partial charge in [0, 0.05) is 19.2 Å². The normalized spacial score (nSPS) is 21.6. The van der Waals surface area contributed by atoms with E-state index in [1.807, 2.05) is 0 Å². The molecule has 1 saturated carbocycles. The van der Waals surface area contributed by atoms with Crippen LogP contribution in [-0.4, -0.2) is 29.1 Å². The zero-order chi connectivity index (χ0) is 19.7. The first kappa shape index (κ1) is 18.7. The summed E-state index contributed by atoms with van der Waals surface area (Å²) in [6.45, 7) is 1.56. The Balaban J connectivity index is 1.27. The highest BCUT2D eigenvalue weighted by molar-refractivity contribution is 5.99. The Morgan fingerprint density at radius 2 is 1.82 bits per heavy atom. The van der Waals surface area contributed by atoms with Crippen LogP contribution in [0.15, 0.2) is 36.4 Å². The Bertz CT molecular complexity index is 878. The first-order valence-electron chi connectivity index (χ1n) is 9.69. The first-order chi connectivity index (χ1) is 13.5. The molecule has 28 heavy (non-hydrogen) atoms. The van der Waals surface area contributed by atoms with Crippen LogP contribution in [0, 0.1) is 23.5 Å². The number of carbonyl (C=O) groups is 1. The van der Waals surface area contributed by atoms with Gasteiger partial charge in [0.2, 0.25) is 0 Å². The molecule has 1 aliphatic carbocycles. The lowest BCUT2D eigenvalue weighted by molar-refractivity contribution is 0.0717. The molecule has 148 valence electrons. The third-order valence-electron chi connectivity index (χ3n) is 5.80. The van der Waals surface area contributed by atoms with Gasteiger partial charge in [0.05, 0.1) is 12.2 Å². The van der Waals surface area contributed by atoms with Crippen LogP contribution in [0.25, 0.3) is 0 Å². The molecule has 1 heterocycles. The Morgan fingerprint density at radius 3 is 2.57 bits per heavy atom. The quantitative estimate of drug-likeness (QED) is 0.821. The molecule has 1 amide bonds. The van der Waals surface area contributed by atoms with Crippen molar-refractivity contribution < 1.29 is 23.4 Å². The van der Waals surface area contributed by atoms with Crippen molar-refractivity contribution in [2.45, 2.75) is 32.2 Å². The van der Waals surface area contributed by atoms with Gasteiger partial charge >= 0.3 is 0 Å². The van der Waals surface area contributed by atoms with Gasteiger partial charge in [-0.3, -0.25) is 4.79 Å². The van der Waals surface area contributed by atoms with Crippen molar-refractivity contribution in [3.8, 4) is 11.5 Å². The minimum absolute atomic E-state index is 0.0113. The van der Waals surface area contributed by atoms with E-state index in [1.54, 1.807) is 23.1 Å². The lowest BCUT2D eigenvalue weighted by Gasteiger charge is -2.31. The van der Waals surface area contributed by atoms with Crippen molar-refractivity contribution in [3.05, 3.63) is 59.2 Å². The number of hydrogen-bond acceptors (Lipinski definition) is 3. The fourth-order valence-electron chi connectivity index (χ4n) is 4.21. The lowest BCUT2D eigenvalue weighted by atomic mass is 9.82. The Labute approximate surface area is 162 Å². The molecular weight excluding hydrogens is 364 g/mol. The van der Waals surface area contributed by atoms with E-state index < -0.39 is 11.6 Å². The van der Waals surface area contributed by atoms with Gasteiger partial charge in [0.1, 0.15) is 11.6 Å². The van der Waals surface area contributed by atoms with Crippen LogP contribution in [0.5, 0.6) is 11.5 Å². The summed E-state index contributed by atoms with van der Waals surface area (Å²) in [7, 11) is 0. The number of rotatable bonds is 5. The van der Waals surface area contributed by atoms with Gasteiger partial charge in [-0.25, -0.2) is 8.78 Å². The molecule has 0 atom stereocenters. The predicted octanol–water partition coefficient (Wildman–Crippen LogP) is 4.51. The van der Waals surface area contributed by atoms with Crippen molar-refractivity contribution >= 4 is 5.91 Å². The van der Waals surface area contributed by atoms with Crippen LogP contribution in [0.1, 0.15) is 41.6 Å². The van der Waals surface area contributed by atoms with E-state index in [0.29, 0.717) is 42.8 Å². The molecule has 2 aromatic rings. The molecule has 2 aromatic carbocycles. The summed E-state index contributed by atoms with van der Waals surface area (Å²) in [6.07, 6.45) is 3.93. The highest BCUT2D eigenvalue weighted by Crippen LogP contribution is 2.34. The van der Waals surface area contributed by atoms with E-state index in [9.17, 15) is 18.7 Å². The number of aromatic hydroxyl groups is 1. The number of amides is 1. The monoisotopic (exact) mass is 387 g/mol. The van der Waals surface area contributed by atoms with Gasteiger partial charge in [0.15, 0.2) is 11.6 Å². The molecule has 1 N–H and O–H groups in total. The van der Waals surface area contributed by atoms with Crippen molar-refractivity contribution in [3.63, 3.8) is 0 Å². The van der Waals surface area contributed by atoms with Gasteiger partial charge in [-0.1, -0.05) is 12.1 Å². The van der Waals surface area contributed by atoms with E-state index in [0.717, 1.165) is 25.7 Å². The van der Waals surface area contributed by atoms with E-state index in [4.69, 9.17) is 4.74 Å². The van der Waals surface area contributed by atoms with E-state index in [2.05, 4.69) is 0 Å². The molecule has 0 aromatic heterocycles. The maximum absolute atomic E-state index is 14.1. The molecule has 0 bridgehead atoms. The van der Waals surface area contributed by atoms with Crippen LogP contribution in [0.2, 0.25) is 0 Å². The van der Waals surface area contributed by atoms with Gasteiger partial charge < -0.3 is 14.7 Å². The minimum Gasteiger partial charge on any atom is -0.505 e. The standard InChI is InChI=1S/C22H23F2NO3/c23-17-2-1-3-18(10-17)28-13-15-6-4-14(5-7-15)11-25-12-16-8-9-19(26)21(24)20(16)22(25)27/h1-3,8-10,14-15,26H,4-7,11-13H2/t14-,15-. The van der Waals surface area contributed by atoms with Crippen LogP contribution in [0.3, 0.4) is 0 Å². The van der Waals surface area contributed by atoms with Gasteiger partial charge in [-0.15, -0.1) is 0 Å². The zero-order valence-corrected chi connectivity index (χ0v) is 15.5. The summed E-state index contributed by atoms with van der Waals surface area (Å²) in [5.74, 6) is -0.591. The van der Waals surface area contributed by atoms with Crippen molar-refractivity contribution in [1.82, 2.24) is 4.90 Å². The van der Waals surface area contributed by atoms with E-state index in [-0.39, 0.29) is 17.3 Å². The molecule has 0 saturated heterocycles. The maximum atomic E-state index is 14.1. The first-order valence-corrected chi connectivity index (χ1v) is 9.69. The summed E-state index contributed by atoms with van der Waals surface area (Å²) < 4.78 is 33.0. The number of phenolic OH excluding ortho intramolecular Hbond substituents is 1. The van der Waals surface area contributed by atoms with Crippen LogP contribution < -0.4 is 4.74 Å². The third kappa shape index (κ3) is 3.81. The smallest absolute Gasteiger partial charge is 0.257 e. The second-order valence-electron chi connectivity index (χ2n) is 7.77. The molecule has 1 aliphatic heterocycles. The maximum Gasteiger partial charge on any atom is 0.257 e. The highest BCUT2D eigenvalue weighted by Gasteiger charge is 2.34. The largest absolute Gasteiger partial charge is 0.505 e. The molecule has 4 rings (SSSR count). The molecule has 0 spiro atoms. The summed E-state index contributed by atoms with van der Waals surface area (Å²) in [5.41, 5.74) is 0.648. The Hall–Kier alpha value is -2.63. The SMILES string of the molecule is O=C1c2c(ccc(O)c2F)CN1C[C@H]1CC[C@H](COc2cccc(F)c2)CC1. The second kappa shape index (κ2) is 7.78. The second-order valence-corrected chi connectivity index (χ2v) is 7.77. The molecule has 0 radical (unpaired) electrons. The molecule has 6 heteroatoms. The zero-order valence-electron chi connectivity index (χ0n) is 15.5. The number of carbonyl (C=O) groups excluding carboxylic acids is 1. The fraction of sp³-hybridized carbons (Fsp3) is 0.409. The minimum atomic E-state index is -0.816. The van der Waals surface area contributed by atoms with Crippen LogP contribution in [0.4, 0.5) is 8.78 Å². The van der Waals surface area contributed by atoms with Crippen molar-refractivity contribution in [2.24, 2.45) is 11.8 Å². The number of halogens is 2. The highest BCUT2D eigenvalue weighted by atomic mass is 19.1. The molecular formula is C22H23F2NO3. The molecule has 0 unspecified atom stereocenters. The van der Waals surface area contributed by atoms with E-state index >= 15 is 0 Å².